The van der Waals surface area contributed by atoms with Gasteiger partial charge in [-0.15, -0.1) is 0 Å². The maximum Gasteiger partial charge on any atom is 0.412 e. The second-order valence-electron chi connectivity index (χ2n) is 8.94. The fourth-order valence-electron chi connectivity index (χ4n) is 3.24. The Morgan fingerprint density at radius 2 is 1.69 bits per heavy atom. The summed E-state index contributed by atoms with van der Waals surface area (Å²) < 4.78 is 11.3. The highest BCUT2D eigenvalue weighted by molar-refractivity contribution is 5.89. The van der Waals surface area contributed by atoms with Gasteiger partial charge in [-0.2, -0.15) is 0 Å². The Morgan fingerprint density at radius 3 is 2.15 bits per heavy atom. The van der Waals surface area contributed by atoms with Gasteiger partial charge in [0.25, 0.3) is 0 Å². The number of carbonyl (C=O) groups excluding carboxylic acids is 1. The van der Waals surface area contributed by atoms with Crippen LogP contribution in [0.1, 0.15) is 59.9 Å². The summed E-state index contributed by atoms with van der Waals surface area (Å²) in [5.41, 5.74) is 0.312. The zero-order valence-electron chi connectivity index (χ0n) is 17.2. The third-order valence-corrected chi connectivity index (χ3v) is 4.45. The molecule has 0 bridgehead atoms. The number of methoxy groups -OCH3 is 1. The molecular formula is C21H32N2O3. The molecule has 2 rings (SSSR count). The molecule has 1 aliphatic rings. The molecule has 5 nitrogen and oxygen atoms in total. The van der Waals surface area contributed by atoms with Crippen molar-refractivity contribution in [1.82, 2.24) is 4.90 Å². The van der Waals surface area contributed by atoms with Crippen LogP contribution in [0, 0.1) is 5.41 Å². The SMILES string of the molecule is COC1=N[C@H](C(C)(C)C)N(C(=O)OC(C)(C)C)[C@H]1C(C)c1ccccc1. The van der Waals surface area contributed by atoms with Crippen LogP contribution in [-0.2, 0) is 9.47 Å². The Morgan fingerprint density at radius 1 is 1.12 bits per heavy atom. The first-order valence-corrected chi connectivity index (χ1v) is 9.13. The molecule has 1 aromatic rings. The summed E-state index contributed by atoms with van der Waals surface area (Å²) in [6, 6.07) is 9.82. The third-order valence-electron chi connectivity index (χ3n) is 4.45. The molecule has 1 aromatic carbocycles. The van der Waals surface area contributed by atoms with Crippen molar-refractivity contribution in [3.8, 4) is 0 Å². The number of amides is 1. The fourth-order valence-corrected chi connectivity index (χ4v) is 3.24. The average Bonchev–Trinajstić information content (AvgIpc) is 2.93. The van der Waals surface area contributed by atoms with E-state index in [2.05, 4.69) is 39.8 Å². The van der Waals surface area contributed by atoms with Crippen LogP contribution in [0.4, 0.5) is 4.79 Å². The van der Waals surface area contributed by atoms with Crippen molar-refractivity contribution in [2.75, 3.05) is 7.11 Å². The van der Waals surface area contributed by atoms with Crippen molar-refractivity contribution < 1.29 is 14.3 Å². The first-order chi connectivity index (χ1) is 12.0. The smallest absolute Gasteiger partial charge is 0.412 e. The number of ether oxygens (including phenoxy) is 2. The van der Waals surface area contributed by atoms with E-state index in [0.29, 0.717) is 5.90 Å². The summed E-state index contributed by atoms with van der Waals surface area (Å²) in [7, 11) is 1.61. The van der Waals surface area contributed by atoms with Crippen LogP contribution in [0.3, 0.4) is 0 Å². The van der Waals surface area contributed by atoms with Gasteiger partial charge < -0.3 is 9.47 Å². The lowest BCUT2D eigenvalue weighted by atomic mass is 9.89. The number of benzene rings is 1. The fraction of sp³-hybridized carbons (Fsp3) is 0.619. The zero-order valence-corrected chi connectivity index (χ0v) is 17.2. The van der Waals surface area contributed by atoms with Crippen LogP contribution in [0.15, 0.2) is 35.3 Å². The molecule has 1 heterocycles. The molecule has 144 valence electrons. The number of hydrogen-bond acceptors (Lipinski definition) is 4. The van der Waals surface area contributed by atoms with Crippen molar-refractivity contribution in [3.63, 3.8) is 0 Å². The van der Waals surface area contributed by atoms with Gasteiger partial charge in [0, 0.05) is 11.3 Å². The van der Waals surface area contributed by atoms with Crippen LogP contribution < -0.4 is 0 Å². The maximum absolute atomic E-state index is 13.1. The molecular weight excluding hydrogens is 328 g/mol. The Bertz CT molecular complexity index is 656. The largest absolute Gasteiger partial charge is 0.483 e. The van der Waals surface area contributed by atoms with E-state index in [1.54, 1.807) is 12.0 Å². The average molecular weight is 360 g/mol. The van der Waals surface area contributed by atoms with Crippen LogP contribution in [0.2, 0.25) is 0 Å². The lowest BCUT2D eigenvalue weighted by Gasteiger charge is -2.38. The Hall–Kier alpha value is -2.04. The molecule has 0 aliphatic carbocycles. The molecule has 1 unspecified atom stereocenters. The number of nitrogens with zero attached hydrogens (tertiary/aromatic N) is 2. The van der Waals surface area contributed by atoms with E-state index in [9.17, 15) is 4.79 Å². The summed E-state index contributed by atoms with van der Waals surface area (Å²) >= 11 is 0. The quantitative estimate of drug-likeness (QED) is 0.759. The molecule has 1 aliphatic heterocycles. The van der Waals surface area contributed by atoms with E-state index in [4.69, 9.17) is 14.5 Å². The highest BCUT2D eigenvalue weighted by atomic mass is 16.6. The van der Waals surface area contributed by atoms with Crippen molar-refractivity contribution in [3.05, 3.63) is 35.9 Å². The summed E-state index contributed by atoms with van der Waals surface area (Å²) in [4.78, 5) is 19.6. The molecule has 3 atom stereocenters. The maximum atomic E-state index is 13.1. The van der Waals surface area contributed by atoms with Gasteiger partial charge in [0.2, 0.25) is 5.90 Å². The summed E-state index contributed by atoms with van der Waals surface area (Å²) in [6.07, 6.45) is -0.704. The molecule has 0 aromatic heterocycles. The van der Waals surface area contributed by atoms with Gasteiger partial charge in [0.1, 0.15) is 17.8 Å². The van der Waals surface area contributed by atoms with E-state index >= 15 is 0 Å². The molecule has 0 fully saturated rings. The minimum Gasteiger partial charge on any atom is -0.483 e. The van der Waals surface area contributed by atoms with Crippen molar-refractivity contribution in [2.45, 2.75) is 72.2 Å². The summed E-state index contributed by atoms with van der Waals surface area (Å²) in [6.45, 7) is 13.9. The molecule has 5 heteroatoms. The molecule has 0 spiro atoms. The normalized spacial score (nSPS) is 22.0. The number of rotatable bonds is 2. The van der Waals surface area contributed by atoms with Crippen LogP contribution >= 0.6 is 0 Å². The van der Waals surface area contributed by atoms with Gasteiger partial charge in [0.05, 0.1) is 7.11 Å². The molecule has 0 saturated carbocycles. The highest BCUT2D eigenvalue weighted by Gasteiger charge is 2.49. The Labute approximate surface area is 157 Å². The van der Waals surface area contributed by atoms with Gasteiger partial charge in [-0.3, -0.25) is 4.90 Å². The molecule has 0 saturated heterocycles. The van der Waals surface area contributed by atoms with E-state index < -0.39 is 5.60 Å². The zero-order chi connectivity index (χ0) is 19.7. The highest BCUT2D eigenvalue weighted by Crippen LogP contribution is 2.38. The predicted molar refractivity (Wildman–Crippen MR) is 104 cm³/mol. The minimum absolute atomic E-state index is 0.0229. The lowest BCUT2D eigenvalue weighted by molar-refractivity contribution is 0.0000585. The monoisotopic (exact) mass is 360 g/mol. The Balaban J connectivity index is 2.46. The third kappa shape index (κ3) is 4.37. The van der Waals surface area contributed by atoms with Crippen molar-refractivity contribution >= 4 is 12.0 Å². The van der Waals surface area contributed by atoms with E-state index in [0.717, 1.165) is 5.56 Å². The minimum atomic E-state index is -0.574. The van der Waals surface area contributed by atoms with Gasteiger partial charge in [-0.1, -0.05) is 58.0 Å². The van der Waals surface area contributed by atoms with Crippen molar-refractivity contribution in [1.29, 1.82) is 0 Å². The second-order valence-corrected chi connectivity index (χ2v) is 8.94. The number of carbonyl (C=O) groups is 1. The second kappa shape index (κ2) is 7.29. The lowest BCUT2D eigenvalue weighted by Crippen LogP contribution is -2.52. The van der Waals surface area contributed by atoms with Crippen molar-refractivity contribution in [2.24, 2.45) is 10.4 Å². The first kappa shape index (κ1) is 20.3. The molecule has 0 radical (unpaired) electrons. The van der Waals surface area contributed by atoms with E-state index in [-0.39, 0.29) is 29.6 Å². The Kier molecular flexibility index (Phi) is 5.69. The van der Waals surface area contributed by atoms with Gasteiger partial charge in [-0.25, -0.2) is 9.79 Å². The van der Waals surface area contributed by atoms with E-state index in [1.165, 1.54) is 0 Å². The summed E-state index contributed by atoms with van der Waals surface area (Å²) in [5.74, 6) is 0.599. The van der Waals surface area contributed by atoms with Gasteiger partial charge >= 0.3 is 6.09 Å². The summed E-state index contributed by atoms with van der Waals surface area (Å²) in [5, 5.41) is 0. The number of aliphatic imine (C=N–C) groups is 1. The predicted octanol–water partition coefficient (Wildman–Crippen LogP) is 4.83. The van der Waals surface area contributed by atoms with Gasteiger partial charge in [-0.05, 0) is 26.3 Å². The van der Waals surface area contributed by atoms with E-state index in [1.807, 2.05) is 39.0 Å². The molecule has 26 heavy (non-hydrogen) atoms. The van der Waals surface area contributed by atoms with Crippen LogP contribution in [0.5, 0.6) is 0 Å². The first-order valence-electron chi connectivity index (χ1n) is 9.13. The topological polar surface area (TPSA) is 51.1 Å². The molecule has 0 N–H and O–H groups in total. The van der Waals surface area contributed by atoms with Crippen LogP contribution in [-0.4, -0.2) is 41.8 Å². The number of hydrogen-bond donors (Lipinski definition) is 0. The molecule has 1 amide bonds. The standard InChI is InChI=1S/C21H32N2O3/c1-14(15-12-10-9-11-13-15)16-17(25-8)22-18(20(2,3)4)23(16)19(24)26-21(5,6)7/h9-14,16,18H,1-8H3/t14?,16-,18-/m0/s1. The van der Waals surface area contributed by atoms with Gasteiger partial charge in [0.15, 0.2) is 0 Å². The van der Waals surface area contributed by atoms with Crippen LogP contribution in [0.25, 0.3) is 0 Å².